The Balaban J connectivity index is 1.55. The maximum atomic E-state index is 9.34. The number of thiazole rings is 1. The van der Waals surface area contributed by atoms with Crippen LogP contribution in [0.1, 0.15) is 21.7 Å². The van der Waals surface area contributed by atoms with E-state index in [9.17, 15) is 5.11 Å². The Kier molecular flexibility index (Phi) is 4.65. The van der Waals surface area contributed by atoms with Gasteiger partial charge in [0.2, 0.25) is 0 Å². The lowest BCUT2D eigenvalue weighted by Gasteiger charge is -2.06. The fraction of sp³-hybridized carbons (Fsp3) is 0.143. The second-order valence-corrected chi connectivity index (χ2v) is 7.16. The summed E-state index contributed by atoms with van der Waals surface area (Å²) in [5, 5.41) is 16.8. The molecule has 26 heavy (non-hydrogen) atoms. The van der Waals surface area contributed by atoms with Gasteiger partial charge in [-0.25, -0.2) is 9.67 Å². The minimum atomic E-state index is 0.0685. The molecule has 0 aliphatic carbocycles. The van der Waals surface area contributed by atoms with E-state index in [1.807, 2.05) is 23.0 Å². The molecule has 4 nitrogen and oxygen atoms in total. The highest BCUT2D eigenvalue weighted by Crippen LogP contribution is 2.25. The third-order valence-corrected chi connectivity index (χ3v) is 5.27. The molecule has 2 aromatic carbocycles. The smallest absolute Gasteiger partial charge is 0.0976 e. The third kappa shape index (κ3) is 3.45. The molecular formula is C21H19N3OS. The van der Waals surface area contributed by atoms with Crippen LogP contribution in [0.3, 0.4) is 0 Å². The van der Waals surface area contributed by atoms with Gasteiger partial charge in [-0.3, -0.25) is 0 Å². The van der Waals surface area contributed by atoms with Gasteiger partial charge < -0.3 is 5.11 Å². The molecule has 5 heteroatoms. The predicted molar refractivity (Wildman–Crippen MR) is 105 cm³/mol. The zero-order valence-electron chi connectivity index (χ0n) is 14.5. The molecule has 0 aliphatic rings. The minimum absolute atomic E-state index is 0.0685. The molecule has 0 spiro atoms. The fourth-order valence-corrected chi connectivity index (χ4v) is 3.73. The van der Waals surface area contributed by atoms with Crippen LogP contribution in [0.25, 0.3) is 16.9 Å². The summed E-state index contributed by atoms with van der Waals surface area (Å²) in [6.45, 7) is 2.16. The summed E-state index contributed by atoms with van der Waals surface area (Å²) in [5.41, 5.74) is 6.51. The predicted octanol–water partition coefficient (Wildman–Crippen LogP) is 4.39. The second kappa shape index (κ2) is 7.23. The largest absolute Gasteiger partial charge is 0.392 e. The maximum absolute atomic E-state index is 9.34. The summed E-state index contributed by atoms with van der Waals surface area (Å²) in [6, 6.07) is 16.3. The molecule has 0 saturated carbocycles. The van der Waals surface area contributed by atoms with Gasteiger partial charge in [0.05, 0.1) is 23.0 Å². The number of aromatic nitrogens is 3. The van der Waals surface area contributed by atoms with E-state index in [0.717, 1.165) is 33.9 Å². The lowest BCUT2D eigenvalue weighted by Crippen LogP contribution is -1.95. The van der Waals surface area contributed by atoms with Gasteiger partial charge in [-0.2, -0.15) is 5.10 Å². The van der Waals surface area contributed by atoms with Gasteiger partial charge in [-0.1, -0.05) is 30.3 Å². The van der Waals surface area contributed by atoms with Gasteiger partial charge in [-0.05, 0) is 41.8 Å². The Bertz CT molecular complexity index is 1000. The van der Waals surface area contributed by atoms with Crippen LogP contribution in [0.4, 0.5) is 0 Å². The minimum Gasteiger partial charge on any atom is -0.392 e. The SMILES string of the molecule is Cc1ccc(CO)cc1Cc1nc(-c2ccc(-n3cccn3)cc2)cs1. The van der Waals surface area contributed by atoms with Crippen molar-refractivity contribution in [2.45, 2.75) is 20.0 Å². The van der Waals surface area contributed by atoms with Crippen LogP contribution in [-0.2, 0) is 13.0 Å². The molecule has 0 saturated heterocycles. The highest BCUT2D eigenvalue weighted by molar-refractivity contribution is 7.10. The fourth-order valence-electron chi connectivity index (χ4n) is 2.91. The highest BCUT2D eigenvalue weighted by Gasteiger charge is 2.08. The van der Waals surface area contributed by atoms with Gasteiger partial charge in [0.15, 0.2) is 0 Å². The molecule has 4 aromatic rings. The van der Waals surface area contributed by atoms with Crippen LogP contribution < -0.4 is 0 Å². The van der Waals surface area contributed by atoms with Crippen LogP contribution in [-0.4, -0.2) is 19.9 Å². The molecule has 2 aromatic heterocycles. The number of benzene rings is 2. The Labute approximate surface area is 156 Å². The van der Waals surface area contributed by atoms with Crippen LogP contribution in [0.15, 0.2) is 66.3 Å². The van der Waals surface area contributed by atoms with E-state index >= 15 is 0 Å². The zero-order chi connectivity index (χ0) is 17.9. The van der Waals surface area contributed by atoms with Crippen molar-refractivity contribution >= 4 is 11.3 Å². The maximum Gasteiger partial charge on any atom is 0.0976 e. The molecule has 0 bridgehead atoms. The monoisotopic (exact) mass is 361 g/mol. The normalized spacial score (nSPS) is 11.0. The van der Waals surface area contributed by atoms with Crippen LogP contribution in [0.2, 0.25) is 0 Å². The average Bonchev–Trinajstić information content (AvgIpc) is 3.36. The molecule has 0 radical (unpaired) electrons. The lowest BCUT2D eigenvalue weighted by atomic mass is 10.0. The first-order valence-electron chi connectivity index (χ1n) is 8.47. The van der Waals surface area contributed by atoms with Crippen LogP contribution >= 0.6 is 11.3 Å². The molecule has 0 amide bonds. The van der Waals surface area contributed by atoms with E-state index in [2.05, 4.69) is 53.8 Å². The number of rotatable bonds is 5. The lowest BCUT2D eigenvalue weighted by molar-refractivity contribution is 0.281. The Hall–Kier alpha value is -2.76. The topological polar surface area (TPSA) is 50.9 Å². The number of aliphatic hydroxyl groups excluding tert-OH is 1. The number of aliphatic hydroxyl groups is 1. The summed E-state index contributed by atoms with van der Waals surface area (Å²) in [7, 11) is 0. The standard InChI is InChI=1S/C21H19N3OS/c1-15-3-4-16(13-25)11-18(15)12-21-23-20(14-26-21)17-5-7-19(8-6-17)24-10-2-9-22-24/h2-11,14,25H,12-13H2,1H3. The number of aryl methyl sites for hydroxylation is 1. The molecule has 0 atom stereocenters. The summed E-state index contributed by atoms with van der Waals surface area (Å²) < 4.78 is 1.84. The molecule has 130 valence electrons. The molecule has 0 aliphatic heterocycles. The quantitative estimate of drug-likeness (QED) is 0.574. The van der Waals surface area contributed by atoms with E-state index in [0.29, 0.717) is 0 Å². The van der Waals surface area contributed by atoms with Gasteiger partial charge in [0.1, 0.15) is 0 Å². The summed E-state index contributed by atoms with van der Waals surface area (Å²) in [6.07, 6.45) is 4.49. The summed E-state index contributed by atoms with van der Waals surface area (Å²) in [5.74, 6) is 0. The van der Waals surface area contributed by atoms with E-state index in [1.165, 1.54) is 11.1 Å². The van der Waals surface area contributed by atoms with E-state index in [1.54, 1.807) is 17.5 Å². The van der Waals surface area contributed by atoms with Crippen LogP contribution in [0.5, 0.6) is 0 Å². The summed E-state index contributed by atoms with van der Waals surface area (Å²) in [4.78, 5) is 4.80. The molecule has 2 heterocycles. The van der Waals surface area contributed by atoms with Crippen molar-refractivity contribution in [3.8, 4) is 16.9 Å². The van der Waals surface area contributed by atoms with Gasteiger partial charge in [-0.15, -0.1) is 11.3 Å². The van der Waals surface area contributed by atoms with Crippen molar-refractivity contribution in [2.24, 2.45) is 0 Å². The van der Waals surface area contributed by atoms with Crippen molar-refractivity contribution in [2.75, 3.05) is 0 Å². The summed E-state index contributed by atoms with van der Waals surface area (Å²) >= 11 is 1.67. The van der Waals surface area contributed by atoms with E-state index in [-0.39, 0.29) is 6.61 Å². The first-order valence-corrected chi connectivity index (χ1v) is 9.35. The Morgan fingerprint density at radius 1 is 1.12 bits per heavy atom. The van der Waals surface area contributed by atoms with Crippen molar-refractivity contribution in [1.82, 2.24) is 14.8 Å². The van der Waals surface area contributed by atoms with Gasteiger partial charge in [0, 0.05) is 29.8 Å². The first-order chi connectivity index (χ1) is 12.7. The van der Waals surface area contributed by atoms with Crippen molar-refractivity contribution < 1.29 is 5.11 Å². The Morgan fingerprint density at radius 3 is 2.69 bits per heavy atom. The number of hydrogen-bond donors (Lipinski definition) is 1. The van der Waals surface area contributed by atoms with Crippen molar-refractivity contribution in [3.63, 3.8) is 0 Å². The van der Waals surface area contributed by atoms with Crippen LogP contribution in [0, 0.1) is 6.92 Å². The second-order valence-electron chi connectivity index (χ2n) is 6.22. The third-order valence-electron chi connectivity index (χ3n) is 4.42. The Morgan fingerprint density at radius 2 is 1.96 bits per heavy atom. The van der Waals surface area contributed by atoms with Crippen molar-refractivity contribution in [1.29, 1.82) is 0 Å². The van der Waals surface area contributed by atoms with E-state index in [4.69, 9.17) is 4.98 Å². The van der Waals surface area contributed by atoms with Crippen molar-refractivity contribution in [3.05, 3.63) is 88.0 Å². The first kappa shape index (κ1) is 16.7. The molecular weight excluding hydrogens is 342 g/mol. The molecule has 0 fully saturated rings. The molecule has 0 unspecified atom stereocenters. The van der Waals surface area contributed by atoms with Gasteiger partial charge >= 0.3 is 0 Å². The zero-order valence-corrected chi connectivity index (χ0v) is 15.3. The molecule has 4 rings (SSSR count). The number of hydrogen-bond acceptors (Lipinski definition) is 4. The highest BCUT2D eigenvalue weighted by atomic mass is 32.1. The average molecular weight is 361 g/mol. The number of nitrogens with zero attached hydrogens (tertiary/aromatic N) is 3. The van der Waals surface area contributed by atoms with Gasteiger partial charge in [0.25, 0.3) is 0 Å². The van der Waals surface area contributed by atoms with E-state index < -0.39 is 0 Å². The molecule has 1 N–H and O–H groups in total.